The Morgan fingerprint density at radius 2 is 1.74 bits per heavy atom. The number of hydrogen-bond donors (Lipinski definition) is 2. The number of aryl methyl sites for hydroxylation is 1. The fourth-order valence-corrected chi connectivity index (χ4v) is 5.78. The maximum Gasteiger partial charge on any atom is 0.121 e. The van der Waals surface area contributed by atoms with Crippen molar-refractivity contribution >= 4 is 11.3 Å². The molecule has 2 aromatic rings. The normalized spacial score (nSPS) is 12.7. The van der Waals surface area contributed by atoms with E-state index in [9.17, 15) is 15.5 Å². The maximum absolute atomic E-state index is 11.5. The summed E-state index contributed by atoms with van der Waals surface area (Å²) in [6.07, 6.45) is 13.0. The van der Waals surface area contributed by atoms with Crippen LogP contribution >= 0.6 is 0 Å². The molecule has 0 fully saturated rings. The summed E-state index contributed by atoms with van der Waals surface area (Å²) in [4.78, 5) is 0. The van der Waals surface area contributed by atoms with Gasteiger partial charge in [0.1, 0.15) is 5.76 Å². The third-order valence-corrected chi connectivity index (χ3v) is 8.61. The van der Waals surface area contributed by atoms with Crippen LogP contribution in [0, 0.1) is 56.3 Å². The van der Waals surface area contributed by atoms with E-state index in [4.69, 9.17) is 11.2 Å². The zero-order valence-corrected chi connectivity index (χ0v) is 27.9. The predicted molar refractivity (Wildman–Crippen MR) is 181 cm³/mol. The standard InChI is InChI=1S/C39H51NO3/c1-12-15-16-25(6)19-20-43-30(11)27(8)21-36(42)39-31(13-2)29(10)38(32(14-3)35(39)23-41)33-18-17-26(7)28(9)37(33)34(22-40)24(4)5/h2,17-18,21,25,27,41-42H,11-12,14-16,19-20,23H2,1,3-10H3/b36-21+/t25-,27?/m0/s1. The van der Waals surface area contributed by atoms with Gasteiger partial charge in [-0.2, -0.15) is 5.26 Å². The fraction of sp³-hybridized carbons (Fsp3) is 0.462. The van der Waals surface area contributed by atoms with E-state index < -0.39 is 0 Å². The van der Waals surface area contributed by atoms with E-state index in [1.54, 1.807) is 6.08 Å². The van der Waals surface area contributed by atoms with Gasteiger partial charge in [0.25, 0.3) is 0 Å². The van der Waals surface area contributed by atoms with E-state index in [0.29, 0.717) is 47.0 Å². The lowest BCUT2D eigenvalue weighted by Gasteiger charge is -2.25. The van der Waals surface area contributed by atoms with E-state index in [1.807, 2.05) is 54.5 Å². The molecule has 0 heterocycles. The molecular weight excluding hydrogens is 530 g/mol. The van der Waals surface area contributed by atoms with Crippen LogP contribution in [0.15, 0.2) is 36.1 Å². The second-order valence-electron chi connectivity index (χ2n) is 12.0. The van der Waals surface area contributed by atoms with Gasteiger partial charge in [0.15, 0.2) is 0 Å². The summed E-state index contributed by atoms with van der Waals surface area (Å²) in [6.45, 7) is 22.7. The number of terminal acetylenes is 1. The first-order valence-corrected chi connectivity index (χ1v) is 15.6. The van der Waals surface area contributed by atoms with Crippen molar-refractivity contribution in [2.45, 2.75) is 101 Å². The molecule has 2 rings (SSSR count). The number of aliphatic hydroxyl groups is 2. The van der Waals surface area contributed by atoms with Crippen LogP contribution in [0.5, 0.6) is 0 Å². The van der Waals surface area contributed by atoms with E-state index >= 15 is 0 Å². The van der Waals surface area contributed by atoms with Crippen LogP contribution in [-0.4, -0.2) is 16.8 Å². The van der Waals surface area contributed by atoms with Crippen molar-refractivity contribution in [2.24, 2.45) is 11.8 Å². The molecule has 0 saturated heterocycles. The highest BCUT2D eigenvalue weighted by molar-refractivity contribution is 5.93. The van der Waals surface area contributed by atoms with Gasteiger partial charge in [0, 0.05) is 22.6 Å². The van der Waals surface area contributed by atoms with Crippen LogP contribution in [-0.2, 0) is 17.8 Å². The molecule has 1 unspecified atom stereocenters. The summed E-state index contributed by atoms with van der Waals surface area (Å²) >= 11 is 0. The van der Waals surface area contributed by atoms with Crippen LogP contribution in [0.3, 0.4) is 0 Å². The van der Waals surface area contributed by atoms with Crippen LogP contribution in [0.1, 0.15) is 112 Å². The second-order valence-corrected chi connectivity index (χ2v) is 12.0. The Bertz CT molecular complexity index is 1470. The van der Waals surface area contributed by atoms with E-state index in [-0.39, 0.29) is 18.3 Å². The van der Waals surface area contributed by atoms with Gasteiger partial charge in [-0.25, -0.2) is 0 Å². The van der Waals surface area contributed by atoms with Gasteiger partial charge in [0.2, 0.25) is 0 Å². The first-order valence-electron chi connectivity index (χ1n) is 15.6. The van der Waals surface area contributed by atoms with Crippen molar-refractivity contribution in [3.8, 4) is 29.5 Å². The highest BCUT2D eigenvalue weighted by Crippen LogP contribution is 2.43. The van der Waals surface area contributed by atoms with E-state index in [0.717, 1.165) is 50.9 Å². The zero-order valence-electron chi connectivity index (χ0n) is 27.9. The van der Waals surface area contributed by atoms with E-state index in [1.165, 1.54) is 19.3 Å². The molecule has 2 atom stereocenters. The van der Waals surface area contributed by atoms with Crippen LogP contribution in [0.25, 0.3) is 22.5 Å². The van der Waals surface area contributed by atoms with Crippen LogP contribution in [0.2, 0.25) is 0 Å². The molecule has 0 amide bonds. The lowest BCUT2D eigenvalue weighted by Crippen LogP contribution is -2.11. The topological polar surface area (TPSA) is 73.5 Å². The minimum absolute atomic E-state index is 0.00256. The molecule has 4 heteroatoms. The van der Waals surface area contributed by atoms with Crippen LogP contribution < -0.4 is 0 Å². The smallest absolute Gasteiger partial charge is 0.121 e. The summed E-state index contributed by atoms with van der Waals surface area (Å²) in [5, 5.41) is 32.4. The predicted octanol–water partition coefficient (Wildman–Crippen LogP) is 9.91. The van der Waals surface area contributed by atoms with Crippen molar-refractivity contribution in [1.29, 1.82) is 5.26 Å². The molecule has 0 aliphatic carbocycles. The quantitative estimate of drug-likeness (QED) is 0.132. The molecule has 2 N–H and O–H groups in total. The molecule has 0 aromatic heterocycles. The number of hydrogen-bond acceptors (Lipinski definition) is 4. The fourth-order valence-electron chi connectivity index (χ4n) is 5.78. The molecule has 2 aromatic carbocycles. The zero-order chi connectivity index (χ0) is 32.4. The Morgan fingerprint density at radius 1 is 1.07 bits per heavy atom. The molecule has 4 nitrogen and oxygen atoms in total. The third-order valence-electron chi connectivity index (χ3n) is 8.61. The maximum atomic E-state index is 11.5. The van der Waals surface area contributed by atoms with Crippen molar-refractivity contribution in [3.63, 3.8) is 0 Å². The number of benzene rings is 2. The number of nitrogens with zero attached hydrogens (tertiary/aromatic N) is 1. The van der Waals surface area contributed by atoms with Gasteiger partial charge in [-0.05, 0) is 98.4 Å². The Morgan fingerprint density at radius 3 is 2.28 bits per heavy atom. The monoisotopic (exact) mass is 581 g/mol. The largest absolute Gasteiger partial charge is 0.508 e. The summed E-state index contributed by atoms with van der Waals surface area (Å²) in [7, 11) is 0. The number of ether oxygens (including phenoxy) is 1. The second kappa shape index (κ2) is 16.2. The van der Waals surface area contributed by atoms with Crippen molar-refractivity contribution in [2.75, 3.05) is 6.61 Å². The Kier molecular flexibility index (Phi) is 13.4. The van der Waals surface area contributed by atoms with Gasteiger partial charge >= 0.3 is 0 Å². The summed E-state index contributed by atoms with van der Waals surface area (Å²) in [6, 6.07) is 6.53. The van der Waals surface area contributed by atoms with Crippen molar-refractivity contribution < 1.29 is 14.9 Å². The minimum atomic E-state index is -0.298. The molecule has 0 saturated carbocycles. The Balaban J connectivity index is 2.71. The van der Waals surface area contributed by atoms with Crippen molar-refractivity contribution in [3.05, 3.63) is 80.6 Å². The number of rotatable bonds is 14. The molecule has 0 bridgehead atoms. The van der Waals surface area contributed by atoms with E-state index in [2.05, 4.69) is 38.5 Å². The highest BCUT2D eigenvalue weighted by Gasteiger charge is 2.26. The molecule has 0 spiro atoms. The average molecular weight is 582 g/mol. The first-order chi connectivity index (χ1) is 20.4. The Labute approximate surface area is 260 Å². The average Bonchev–Trinajstić information content (AvgIpc) is 2.97. The minimum Gasteiger partial charge on any atom is -0.508 e. The SMILES string of the molecule is C#Cc1c(C)c(-c2ccc(C)c(C)c2C(C#N)=C(C)C)c(CC)c(CO)c1/C(O)=C\C(C)C(=C)OCC[C@@H](C)CCCC. The number of unbranched alkanes of at least 4 members (excludes halogenated alkanes) is 1. The van der Waals surface area contributed by atoms with Gasteiger partial charge in [0.05, 0.1) is 30.6 Å². The lowest BCUT2D eigenvalue weighted by molar-refractivity contribution is 0.173. The van der Waals surface area contributed by atoms with Gasteiger partial charge < -0.3 is 14.9 Å². The van der Waals surface area contributed by atoms with Gasteiger partial charge in [-0.15, -0.1) is 6.42 Å². The molecule has 230 valence electrons. The first kappa shape index (κ1) is 35.5. The molecular formula is C39H51NO3. The number of aliphatic hydroxyl groups excluding tert-OH is 2. The summed E-state index contributed by atoms with van der Waals surface area (Å²) < 4.78 is 5.97. The molecule has 43 heavy (non-hydrogen) atoms. The molecule has 0 aliphatic heterocycles. The highest BCUT2D eigenvalue weighted by atomic mass is 16.5. The lowest BCUT2D eigenvalue weighted by atomic mass is 9.79. The van der Waals surface area contributed by atoms with Gasteiger partial charge in [-0.1, -0.05) is 77.2 Å². The summed E-state index contributed by atoms with van der Waals surface area (Å²) in [5.74, 6) is 3.71. The summed E-state index contributed by atoms with van der Waals surface area (Å²) in [5.41, 5.74) is 9.66. The van der Waals surface area contributed by atoms with Crippen molar-refractivity contribution in [1.82, 2.24) is 0 Å². The van der Waals surface area contributed by atoms with Crippen LogP contribution in [0.4, 0.5) is 0 Å². The number of allylic oxidation sites excluding steroid dienone is 3. The van der Waals surface area contributed by atoms with Gasteiger partial charge in [-0.3, -0.25) is 0 Å². The third kappa shape index (κ3) is 8.01. The molecule has 0 radical (unpaired) electrons. The Hall–Kier alpha value is -3.73. The molecule has 0 aliphatic rings. The number of nitriles is 1.